The lowest BCUT2D eigenvalue weighted by atomic mass is 9.90. The Morgan fingerprint density at radius 3 is 0.731 bits per heavy atom. The molecule has 15 nitrogen and oxygen atoms in total. The van der Waals surface area contributed by atoms with Crippen LogP contribution in [0, 0.1) is 13.8 Å². The van der Waals surface area contributed by atoms with Gasteiger partial charge in [0.25, 0.3) is 0 Å². The van der Waals surface area contributed by atoms with Gasteiger partial charge in [-0.2, -0.15) is 0 Å². The second-order valence-electron chi connectivity index (χ2n) is 34.3. The molecule has 4 N–H and O–H groups in total. The number of ketones is 1. The summed E-state index contributed by atoms with van der Waals surface area (Å²) in [5.74, 6) is -2.02. The highest BCUT2D eigenvalue weighted by atomic mass is 79.9. The van der Waals surface area contributed by atoms with Crippen molar-refractivity contribution in [1.82, 2.24) is 39.9 Å². The zero-order chi connectivity index (χ0) is 84.0. The van der Waals surface area contributed by atoms with E-state index >= 15 is 0 Å². The van der Waals surface area contributed by atoms with Gasteiger partial charge < -0.3 is 15.9 Å². The third-order valence-electron chi connectivity index (χ3n) is 15.2. The Morgan fingerprint density at radius 2 is 0.509 bits per heavy atom. The van der Waals surface area contributed by atoms with E-state index in [2.05, 4.69) is 356 Å². The number of aromatic nitrogens is 8. The van der Waals surface area contributed by atoms with Crippen molar-refractivity contribution in [2.75, 3.05) is 0 Å². The van der Waals surface area contributed by atoms with Gasteiger partial charge in [-0.3, -0.25) is 14.4 Å². The Kier molecular flexibility index (Phi) is 40.6. The van der Waals surface area contributed by atoms with E-state index in [4.69, 9.17) is 15.9 Å². The molecule has 8 heterocycles. The van der Waals surface area contributed by atoms with E-state index in [1.807, 2.05) is 77.9 Å². The second-order valence-corrected chi connectivity index (χ2v) is 40.8. The molecule has 0 spiro atoms. The Morgan fingerprint density at radius 1 is 0.306 bits per heavy atom. The molecule has 0 aliphatic rings. The molecule has 0 radical (unpaired) electrons. The molecule has 592 valence electrons. The summed E-state index contributed by atoms with van der Waals surface area (Å²) in [6, 6.07) is 30.9. The predicted octanol–water partition coefficient (Wildman–Crippen LogP) is 25.4. The molecule has 0 saturated heterocycles. The zero-order valence-corrected chi connectivity index (χ0v) is 81.5. The van der Waals surface area contributed by atoms with Crippen LogP contribution in [0.1, 0.15) is 287 Å². The van der Waals surface area contributed by atoms with Gasteiger partial charge >= 0.3 is 11.9 Å². The average molecular weight is 2000 g/mol. The molecule has 8 rings (SSSR count). The van der Waals surface area contributed by atoms with Crippen LogP contribution >= 0.6 is 127 Å². The minimum Gasteiger partial charge on any atom is -0.481 e. The fourth-order valence-electron chi connectivity index (χ4n) is 8.83. The monoisotopic (exact) mass is 1990 g/mol. The highest BCUT2D eigenvalue weighted by Crippen LogP contribution is 2.31. The Balaban J connectivity index is 0.000000618. The van der Waals surface area contributed by atoms with E-state index in [1.165, 1.54) is 28.3 Å². The number of carboxylic acids is 2. The highest BCUT2D eigenvalue weighted by Gasteiger charge is 2.24. The van der Waals surface area contributed by atoms with Crippen LogP contribution in [0.5, 0.6) is 0 Å². The van der Waals surface area contributed by atoms with Crippen LogP contribution in [0.25, 0.3) is 0 Å². The number of halogens is 8. The van der Waals surface area contributed by atoms with Crippen LogP contribution in [0.3, 0.4) is 0 Å². The largest absolute Gasteiger partial charge is 0.481 e. The first-order valence-electron chi connectivity index (χ1n) is 35.4. The number of pyridine rings is 8. The molecule has 0 fully saturated rings. The Bertz CT molecular complexity index is 4000. The quantitative estimate of drug-likeness (QED) is 0.0948. The van der Waals surface area contributed by atoms with Gasteiger partial charge in [-0.25, -0.2) is 44.7 Å². The summed E-state index contributed by atoms with van der Waals surface area (Å²) in [4.78, 5) is 78.5. The molecular formula is C85H115Br8N9O6. The Hall–Kier alpha value is -4.88. The number of primary amides is 1. The molecule has 0 aliphatic carbocycles. The number of aliphatic carboxylic acids is 1. The third-order valence-corrected chi connectivity index (χ3v) is 18.5. The number of Topliss-reactive ketones (excluding diaryl/α,β-unsaturated/α-hetero) is 1. The van der Waals surface area contributed by atoms with Gasteiger partial charge in [-0.15, -0.1) is 0 Å². The summed E-state index contributed by atoms with van der Waals surface area (Å²) in [7, 11) is 0. The number of aromatic carboxylic acids is 1. The van der Waals surface area contributed by atoms with Gasteiger partial charge in [0.15, 0.2) is 5.78 Å². The lowest BCUT2D eigenvalue weighted by molar-refractivity contribution is -0.136. The molecule has 8 aromatic rings. The van der Waals surface area contributed by atoms with E-state index in [-0.39, 0.29) is 73.4 Å². The molecule has 0 saturated carbocycles. The standard InChI is InChI=1S/C11H15BrN2O.C11H14BrNO2.C11H14BrNO.2C11H16BrN.C10H12BrNO2.2C10H14BrN/c1-11(2,3)8-4-7(6-10(13)15)5-9(12)14-8;1-11(2,3)8-4-7(6-10(14)15)5-9(12)13-8;1-7(14)8-5-9(11(2,3)4)13-10(12)6-8;2*1-5-8-6-9(11(2,3)4)13-10(12)7-8;1-10(2,3)7-4-6(9(13)14)5-8(11)12-7;2*1-7-5-8(10(2,3)4)12-9(11)6-7/h4-5H,6H2,1-3H3,(H2,13,15);4-5H,6H2,1-3H3,(H,14,15);5-6H,1-4H3;2*6-7H,5H2,1-4H3;4-5H,1-3H3,(H,13,14);2*5-6H,1-4H3. The SMILES string of the molecule is CC(=O)c1cc(Br)nc(C(C)(C)C)c1.CC(C)(C)c1cc(C(=O)O)cc(Br)n1.CC(C)(C)c1cc(CC(=O)O)cc(Br)n1.CC(C)(C)c1cc(CC(N)=O)cc(Br)n1.CCc1cc(Br)nc(C(C)(C)C)c1.CCc1cc(Br)nc(C(C)(C)C)c1.Cc1cc(Br)nc(C(C)(C)C)c1.Cc1cc(Br)nc(C(C)(C)C)c1. The number of nitrogens with two attached hydrogens (primary N) is 1. The maximum atomic E-state index is 11.2. The molecule has 8 aromatic heterocycles. The van der Waals surface area contributed by atoms with Gasteiger partial charge in [0.1, 0.15) is 36.8 Å². The number of hydrogen-bond donors (Lipinski definition) is 3. The molecule has 0 aromatic carbocycles. The van der Waals surface area contributed by atoms with Crippen LogP contribution in [-0.4, -0.2) is 73.7 Å². The van der Waals surface area contributed by atoms with Crippen LogP contribution < -0.4 is 5.73 Å². The molecular weight excluding hydrogens is 1880 g/mol. The smallest absolute Gasteiger partial charge is 0.335 e. The number of hydrogen-bond acceptors (Lipinski definition) is 12. The number of carboxylic acid groups (broad SMARTS) is 2. The Labute approximate surface area is 713 Å². The minimum absolute atomic E-state index is 0.0316. The lowest BCUT2D eigenvalue weighted by Crippen LogP contribution is -2.17. The van der Waals surface area contributed by atoms with Crippen LogP contribution in [0.2, 0.25) is 0 Å². The molecule has 1 amide bonds. The maximum absolute atomic E-state index is 11.2. The molecule has 0 unspecified atom stereocenters. The fourth-order valence-corrected chi connectivity index (χ4v) is 12.8. The number of rotatable bonds is 8. The van der Waals surface area contributed by atoms with Crippen molar-refractivity contribution in [2.24, 2.45) is 5.73 Å². The lowest BCUT2D eigenvalue weighted by Gasteiger charge is -2.18. The van der Waals surface area contributed by atoms with Gasteiger partial charge in [0.2, 0.25) is 5.91 Å². The van der Waals surface area contributed by atoms with E-state index < -0.39 is 11.9 Å². The van der Waals surface area contributed by atoms with Crippen molar-refractivity contribution in [2.45, 2.75) is 270 Å². The number of nitrogens with zero attached hydrogens (tertiary/aromatic N) is 8. The normalized spacial score (nSPS) is 11.6. The summed E-state index contributed by atoms with van der Waals surface area (Å²) in [5, 5.41) is 17.6. The topological polar surface area (TPSA) is 238 Å². The van der Waals surface area contributed by atoms with E-state index in [1.54, 1.807) is 25.1 Å². The fraction of sp³-hybridized carbons (Fsp3) is 0.482. The zero-order valence-electron chi connectivity index (χ0n) is 68.8. The summed E-state index contributed by atoms with van der Waals surface area (Å²) in [6.07, 6.45) is 2.41. The maximum Gasteiger partial charge on any atom is 0.335 e. The van der Waals surface area contributed by atoms with Crippen molar-refractivity contribution in [3.05, 3.63) is 224 Å². The van der Waals surface area contributed by atoms with Gasteiger partial charge in [0.05, 0.1) is 18.4 Å². The first kappa shape index (κ1) is 101. The first-order valence-corrected chi connectivity index (χ1v) is 41.8. The molecule has 0 bridgehead atoms. The molecule has 108 heavy (non-hydrogen) atoms. The van der Waals surface area contributed by atoms with E-state index in [0.29, 0.717) is 14.8 Å². The van der Waals surface area contributed by atoms with Crippen LogP contribution in [-0.2, 0) is 78.6 Å². The highest BCUT2D eigenvalue weighted by molar-refractivity contribution is 9.11. The average Bonchev–Trinajstić information content (AvgIpc) is 0.870. The van der Waals surface area contributed by atoms with Crippen molar-refractivity contribution >= 4 is 151 Å². The summed E-state index contributed by atoms with van der Waals surface area (Å²) in [5.41, 5.74) is 21.3. The van der Waals surface area contributed by atoms with Crippen molar-refractivity contribution in [1.29, 1.82) is 0 Å². The van der Waals surface area contributed by atoms with Crippen molar-refractivity contribution < 1.29 is 29.4 Å². The van der Waals surface area contributed by atoms with Gasteiger partial charge in [-0.05, 0) is 291 Å². The van der Waals surface area contributed by atoms with E-state index in [0.717, 1.165) is 97.1 Å². The molecule has 0 aliphatic heterocycles. The minimum atomic E-state index is -0.932. The van der Waals surface area contributed by atoms with Crippen molar-refractivity contribution in [3.63, 3.8) is 0 Å². The molecule has 23 heteroatoms. The number of amides is 1. The van der Waals surface area contributed by atoms with Crippen molar-refractivity contribution in [3.8, 4) is 0 Å². The summed E-state index contributed by atoms with van der Waals surface area (Å²) in [6.45, 7) is 60.7. The third kappa shape index (κ3) is 40.0. The number of carbonyl (C=O) groups excluding carboxylic acids is 2. The van der Waals surface area contributed by atoms with Crippen LogP contribution in [0.15, 0.2) is 134 Å². The number of carbonyl (C=O) groups is 4. The molecule has 0 atom stereocenters. The summed E-state index contributed by atoms with van der Waals surface area (Å²) < 4.78 is 6.43. The summed E-state index contributed by atoms with van der Waals surface area (Å²) >= 11 is 26.8. The van der Waals surface area contributed by atoms with Gasteiger partial charge in [-0.1, -0.05) is 180 Å². The number of aryl methyl sites for hydroxylation is 4. The van der Waals surface area contributed by atoms with Crippen LogP contribution in [0.4, 0.5) is 0 Å². The van der Waals surface area contributed by atoms with E-state index in [9.17, 15) is 19.2 Å². The van der Waals surface area contributed by atoms with Gasteiger partial charge in [0, 0.05) is 94.4 Å². The second kappa shape index (κ2) is 43.4. The predicted molar refractivity (Wildman–Crippen MR) is 475 cm³/mol. The first-order chi connectivity index (χ1) is 48.8.